The summed E-state index contributed by atoms with van der Waals surface area (Å²) in [6.45, 7) is 1.93. The first-order chi connectivity index (χ1) is 15.4. The number of hydrogen-bond donors (Lipinski definition) is 2. The van der Waals surface area contributed by atoms with E-state index in [1.165, 1.54) is 0 Å². The maximum absolute atomic E-state index is 12.1. The van der Waals surface area contributed by atoms with Crippen LogP contribution in [-0.2, 0) is 16.0 Å². The number of nitrogens with one attached hydrogen (secondary N) is 2. The van der Waals surface area contributed by atoms with Gasteiger partial charge in [-0.2, -0.15) is 5.10 Å². The molecule has 0 unspecified atom stereocenters. The van der Waals surface area contributed by atoms with Gasteiger partial charge in [0.1, 0.15) is 11.5 Å². The van der Waals surface area contributed by atoms with Gasteiger partial charge in [-0.3, -0.25) is 9.59 Å². The van der Waals surface area contributed by atoms with E-state index in [9.17, 15) is 9.59 Å². The molecule has 0 radical (unpaired) electrons. The fourth-order valence-electron chi connectivity index (χ4n) is 2.73. The van der Waals surface area contributed by atoms with Crippen molar-refractivity contribution in [3.8, 4) is 23.0 Å². The number of carbonyl (C=O) groups is 2. The summed E-state index contributed by atoms with van der Waals surface area (Å²) in [5.41, 5.74) is 3.87. The molecule has 2 amide bonds. The summed E-state index contributed by atoms with van der Waals surface area (Å²) in [6.07, 6.45) is 0.716. The van der Waals surface area contributed by atoms with Gasteiger partial charge in [0.15, 0.2) is 18.1 Å². The summed E-state index contributed by atoms with van der Waals surface area (Å²) in [7, 11) is 4.73. The summed E-state index contributed by atoms with van der Waals surface area (Å²) >= 11 is 0. The Morgan fingerprint density at radius 2 is 1.56 bits per heavy atom. The standard InChI is InChI=1S/C23H29N3O6/c1-16(25-26-23(28)15-32-19-8-6-18(29-2)7-9-19)13-22(27)24-12-11-17-5-10-20(30-3)21(14-17)31-4/h5-10,14H,11-13,15H2,1-4H3,(H,24,27)(H,26,28)/b25-16+. The molecule has 0 saturated heterocycles. The molecule has 0 spiro atoms. The fraction of sp³-hybridized carbons (Fsp3) is 0.348. The molecular weight excluding hydrogens is 414 g/mol. The Kier molecular flexibility index (Phi) is 9.83. The summed E-state index contributed by atoms with van der Waals surface area (Å²) in [6, 6.07) is 12.5. The van der Waals surface area contributed by atoms with Gasteiger partial charge in [0.25, 0.3) is 5.91 Å². The second-order valence-electron chi connectivity index (χ2n) is 6.81. The minimum absolute atomic E-state index is 0.0750. The van der Waals surface area contributed by atoms with Crippen LogP contribution in [0.25, 0.3) is 0 Å². The average molecular weight is 444 g/mol. The highest BCUT2D eigenvalue weighted by atomic mass is 16.5. The Bertz CT molecular complexity index is 928. The van der Waals surface area contributed by atoms with E-state index < -0.39 is 5.91 Å². The fourth-order valence-corrected chi connectivity index (χ4v) is 2.73. The number of carbonyl (C=O) groups excluding carboxylic acids is 2. The van der Waals surface area contributed by atoms with E-state index in [-0.39, 0.29) is 18.9 Å². The highest BCUT2D eigenvalue weighted by molar-refractivity contribution is 6.00. The predicted molar refractivity (Wildman–Crippen MR) is 121 cm³/mol. The molecule has 9 heteroatoms. The van der Waals surface area contributed by atoms with Crippen molar-refractivity contribution in [2.24, 2.45) is 5.10 Å². The third-order valence-electron chi connectivity index (χ3n) is 4.40. The maximum atomic E-state index is 12.1. The van der Waals surface area contributed by atoms with Crippen molar-refractivity contribution >= 4 is 17.5 Å². The number of ether oxygens (including phenoxy) is 4. The Hall–Kier alpha value is -3.75. The lowest BCUT2D eigenvalue weighted by atomic mass is 10.1. The van der Waals surface area contributed by atoms with E-state index in [1.54, 1.807) is 52.5 Å². The zero-order valence-corrected chi connectivity index (χ0v) is 18.8. The number of hydrogen-bond acceptors (Lipinski definition) is 7. The van der Waals surface area contributed by atoms with Crippen LogP contribution >= 0.6 is 0 Å². The molecular formula is C23H29N3O6. The molecule has 2 N–H and O–H groups in total. The number of methoxy groups -OCH3 is 3. The number of benzene rings is 2. The zero-order chi connectivity index (χ0) is 23.3. The SMILES string of the molecule is COc1ccc(OCC(=O)N/N=C(\C)CC(=O)NCCc2ccc(OC)c(OC)c2)cc1. The molecule has 0 saturated carbocycles. The number of amides is 2. The van der Waals surface area contributed by atoms with Gasteiger partial charge in [0, 0.05) is 12.3 Å². The molecule has 0 aromatic heterocycles. The lowest BCUT2D eigenvalue weighted by molar-refractivity contribution is -0.123. The molecule has 32 heavy (non-hydrogen) atoms. The molecule has 0 aliphatic rings. The Balaban J connectivity index is 1.69. The van der Waals surface area contributed by atoms with Crippen molar-refractivity contribution in [1.29, 1.82) is 0 Å². The van der Waals surface area contributed by atoms with Crippen LogP contribution in [0.1, 0.15) is 18.9 Å². The van der Waals surface area contributed by atoms with Gasteiger partial charge >= 0.3 is 0 Å². The van der Waals surface area contributed by atoms with Gasteiger partial charge in [-0.25, -0.2) is 5.43 Å². The van der Waals surface area contributed by atoms with Crippen LogP contribution in [0.2, 0.25) is 0 Å². The average Bonchev–Trinajstić information content (AvgIpc) is 2.81. The lowest BCUT2D eigenvalue weighted by Crippen LogP contribution is -2.29. The first-order valence-electron chi connectivity index (χ1n) is 10.0. The van der Waals surface area contributed by atoms with Crippen molar-refractivity contribution in [1.82, 2.24) is 10.7 Å². The third-order valence-corrected chi connectivity index (χ3v) is 4.40. The topological polar surface area (TPSA) is 107 Å². The van der Waals surface area contributed by atoms with Gasteiger partial charge in [-0.05, 0) is 55.3 Å². The molecule has 0 bridgehead atoms. The molecule has 0 aliphatic carbocycles. The van der Waals surface area contributed by atoms with Crippen LogP contribution < -0.4 is 29.7 Å². The molecule has 2 rings (SSSR count). The van der Waals surface area contributed by atoms with Crippen molar-refractivity contribution in [3.63, 3.8) is 0 Å². The van der Waals surface area contributed by atoms with Crippen molar-refractivity contribution in [2.45, 2.75) is 19.8 Å². The van der Waals surface area contributed by atoms with Crippen LogP contribution in [0.3, 0.4) is 0 Å². The van der Waals surface area contributed by atoms with Crippen molar-refractivity contribution in [2.75, 3.05) is 34.5 Å². The minimum atomic E-state index is -0.422. The lowest BCUT2D eigenvalue weighted by Gasteiger charge is -2.10. The molecule has 2 aromatic carbocycles. The first kappa shape index (κ1) is 24.5. The number of hydrazone groups is 1. The Morgan fingerprint density at radius 3 is 2.22 bits per heavy atom. The Labute approximate surface area is 187 Å². The van der Waals surface area contributed by atoms with Gasteiger partial charge in [0.2, 0.25) is 5.91 Å². The molecule has 9 nitrogen and oxygen atoms in total. The van der Waals surface area contributed by atoms with Crippen molar-refractivity contribution in [3.05, 3.63) is 48.0 Å². The number of rotatable bonds is 12. The van der Waals surface area contributed by atoms with E-state index in [0.717, 1.165) is 5.56 Å². The summed E-state index contributed by atoms with van der Waals surface area (Å²) in [4.78, 5) is 24.0. The van der Waals surface area contributed by atoms with Gasteiger partial charge in [-0.15, -0.1) is 0 Å². The summed E-state index contributed by atoms with van der Waals surface area (Å²) in [5, 5.41) is 6.77. The quantitative estimate of drug-likeness (QED) is 0.385. The second-order valence-corrected chi connectivity index (χ2v) is 6.81. The molecule has 0 aliphatic heterocycles. The van der Waals surface area contributed by atoms with E-state index in [4.69, 9.17) is 18.9 Å². The molecule has 0 fully saturated rings. The van der Waals surface area contributed by atoms with Crippen LogP contribution in [0.15, 0.2) is 47.6 Å². The molecule has 2 aromatic rings. The first-order valence-corrected chi connectivity index (χ1v) is 10.0. The third kappa shape index (κ3) is 8.17. The molecule has 0 atom stereocenters. The van der Waals surface area contributed by atoms with Gasteiger partial charge in [-0.1, -0.05) is 6.07 Å². The predicted octanol–water partition coefficient (Wildman–Crippen LogP) is 2.33. The van der Waals surface area contributed by atoms with Crippen LogP contribution in [0, 0.1) is 0 Å². The number of nitrogens with zero attached hydrogens (tertiary/aromatic N) is 1. The van der Waals surface area contributed by atoms with E-state index in [2.05, 4.69) is 15.8 Å². The van der Waals surface area contributed by atoms with Crippen LogP contribution in [0.5, 0.6) is 23.0 Å². The van der Waals surface area contributed by atoms with Crippen LogP contribution in [0.4, 0.5) is 0 Å². The van der Waals surface area contributed by atoms with E-state index in [0.29, 0.717) is 41.7 Å². The van der Waals surface area contributed by atoms with E-state index in [1.807, 2.05) is 18.2 Å². The van der Waals surface area contributed by atoms with Crippen LogP contribution in [-0.4, -0.2) is 52.0 Å². The Morgan fingerprint density at radius 1 is 0.875 bits per heavy atom. The summed E-state index contributed by atoms with van der Waals surface area (Å²) in [5.74, 6) is 1.93. The maximum Gasteiger partial charge on any atom is 0.277 e. The highest BCUT2D eigenvalue weighted by Gasteiger charge is 2.08. The van der Waals surface area contributed by atoms with Gasteiger partial charge < -0.3 is 24.3 Å². The normalized spacial score (nSPS) is 10.8. The smallest absolute Gasteiger partial charge is 0.277 e. The second kappa shape index (κ2) is 12.8. The molecule has 0 heterocycles. The molecule has 172 valence electrons. The highest BCUT2D eigenvalue weighted by Crippen LogP contribution is 2.27. The van der Waals surface area contributed by atoms with Gasteiger partial charge in [0.05, 0.1) is 27.8 Å². The largest absolute Gasteiger partial charge is 0.497 e. The monoisotopic (exact) mass is 443 g/mol. The summed E-state index contributed by atoms with van der Waals surface area (Å²) < 4.78 is 20.9. The van der Waals surface area contributed by atoms with Crippen molar-refractivity contribution < 1.29 is 28.5 Å². The minimum Gasteiger partial charge on any atom is -0.497 e. The van der Waals surface area contributed by atoms with E-state index >= 15 is 0 Å². The zero-order valence-electron chi connectivity index (χ0n) is 18.8.